The second kappa shape index (κ2) is 4.22. The number of anilines is 1. The Morgan fingerprint density at radius 1 is 1.18 bits per heavy atom. The van der Waals surface area contributed by atoms with Gasteiger partial charge in [-0.25, -0.2) is 0 Å². The van der Waals surface area contributed by atoms with E-state index in [-0.39, 0.29) is 5.60 Å². The largest absolute Gasteiger partial charge is 0.508 e. The zero-order valence-corrected chi connectivity index (χ0v) is 10.1. The molecule has 0 unspecified atom stereocenters. The van der Waals surface area contributed by atoms with Crippen LogP contribution in [0.1, 0.15) is 25.7 Å². The van der Waals surface area contributed by atoms with Crippen LogP contribution in [0.2, 0.25) is 0 Å². The number of piperidine rings is 1. The zero-order chi connectivity index (χ0) is 11.7. The van der Waals surface area contributed by atoms with Gasteiger partial charge in [0.1, 0.15) is 5.75 Å². The molecular weight excluding hydrogens is 214 g/mol. The molecule has 1 aromatic rings. The molecule has 0 aliphatic carbocycles. The number of benzene rings is 1. The molecule has 0 radical (unpaired) electrons. The van der Waals surface area contributed by atoms with Crippen molar-refractivity contribution in [1.29, 1.82) is 0 Å². The average Bonchev–Trinajstić information content (AvgIpc) is 2.79. The van der Waals surface area contributed by atoms with Crippen LogP contribution in [-0.4, -0.2) is 30.4 Å². The van der Waals surface area contributed by atoms with Crippen molar-refractivity contribution >= 4 is 5.69 Å². The standard InChI is InChI=1S/C14H19NO2/c16-13-4-1-3-12(11-13)15-8-6-14(7-9-15)5-2-10-17-14/h1,3-4,11,16H,2,5-10H2. The third-order valence-corrected chi connectivity index (χ3v) is 4.05. The van der Waals surface area contributed by atoms with E-state index < -0.39 is 0 Å². The Morgan fingerprint density at radius 3 is 2.65 bits per heavy atom. The van der Waals surface area contributed by atoms with Crippen LogP contribution in [-0.2, 0) is 4.74 Å². The van der Waals surface area contributed by atoms with Crippen LogP contribution < -0.4 is 4.90 Å². The first kappa shape index (κ1) is 10.9. The van der Waals surface area contributed by atoms with Crippen LogP contribution in [0, 0.1) is 0 Å². The Morgan fingerprint density at radius 2 is 2.00 bits per heavy atom. The predicted molar refractivity (Wildman–Crippen MR) is 67.5 cm³/mol. The first-order valence-electron chi connectivity index (χ1n) is 6.45. The summed E-state index contributed by atoms with van der Waals surface area (Å²) >= 11 is 0. The molecule has 0 aromatic heterocycles. The van der Waals surface area contributed by atoms with Gasteiger partial charge in [0, 0.05) is 31.5 Å². The van der Waals surface area contributed by atoms with Gasteiger partial charge in [0.05, 0.1) is 5.60 Å². The van der Waals surface area contributed by atoms with Crippen molar-refractivity contribution in [2.24, 2.45) is 0 Å². The molecule has 3 nitrogen and oxygen atoms in total. The minimum Gasteiger partial charge on any atom is -0.508 e. The van der Waals surface area contributed by atoms with Crippen molar-refractivity contribution in [3.05, 3.63) is 24.3 Å². The van der Waals surface area contributed by atoms with Gasteiger partial charge in [-0.05, 0) is 37.8 Å². The normalized spacial score (nSPS) is 23.2. The molecule has 2 saturated heterocycles. The molecule has 1 N–H and O–H groups in total. The minimum atomic E-state index is 0.174. The number of hydrogen-bond donors (Lipinski definition) is 1. The Labute approximate surface area is 102 Å². The highest BCUT2D eigenvalue weighted by molar-refractivity contribution is 5.50. The van der Waals surface area contributed by atoms with Gasteiger partial charge in [-0.3, -0.25) is 0 Å². The molecule has 3 rings (SSSR count). The number of rotatable bonds is 1. The van der Waals surface area contributed by atoms with Crippen molar-refractivity contribution in [3.63, 3.8) is 0 Å². The van der Waals surface area contributed by atoms with Gasteiger partial charge in [-0.15, -0.1) is 0 Å². The molecule has 2 heterocycles. The molecule has 2 aliphatic heterocycles. The lowest BCUT2D eigenvalue weighted by Crippen LogP contribution is -2.44. The maximum Gasteiger partial charge on any atom is 0.117 e. The summed E-state index contributed by atoms with van der Waals surface area (Å²) in [5.74, 6) is 0.347. The highest BCUT2D eigenvalue weighted by Gasteiger charge is 2.38. The van der Waals surface area contributed by atoms with E-state index in [1.807, 2.05) is 12.1 Å². The van der Waals surface area contributed by atoms with Crippen LogP contribution in [0.5, 0.6) is 5.75 Å². The molecule has 1 spiro atoms. The maximum absolute atomic E-state index is 9.50. The van der Waals surface area contributed by atoms with Crippen molar-refractivity contribution in [2.75, 3.05) is 24.6 Å². The second-order valence-electron chi connectivity index (χ2n) is 5.14. The van der Waals surface area contributed by atoms with Crippen LogP contribution in [0.3, 0.4) is 0 Å². The van der Waals surface area contributed by atoms with Crippen molar-refractivity contribution in [1.82, 2.24) is 0 Å². The first-order chi connectivity index (χ1) is 8.27. The molecule has 2 fully saturated rings. The summed E-state index contributed by atoms with van der Waals surface area (Å²) in [5, 5.41) is 9.50. The molecule has 2 aliphatic rings. The summed E-state index contributed by atoms with van der Waals surface area (Å²) in [5.41, 5.74) is 1.30. The van der Waals surface area contributed by atoms with Crippen molar-refractivity contribution in [2.45, 2.75) is 31.3 Å². The van der Waals surface area contributed by atoms with E-state index in [9.17, 15) is 5.11 Å². The topological polar surface area (TPSA) is 32.7 Å². The lowest BCUT2D eigenvalue weighted by atomic mass is 9.88. The van der Waals surface area contributed by atoms with E-state index in [1.165, 1.54) is 12.8 Å². The minimum absolute atomic E-state index is 0.174. The SMILES string of the molecule is Oc1cccc(N2CCC3(CCCO3)CC2)c1. The summed E-state index contributed by atoms with van der Waals surface area (Å²) in [6.45, 7) is 3.00. The fraction of sp³-hybridized carbons (Fsp3) is 0.571. The monoisotopic (exact) mass is 233 g/mol. The molecule has 92 valence electrons. The Bertz CT molecular complexity index is 389. The summed E-state index contributed by atoms with van der Waals surface area (Å²) in [4.78, 5) is 2.34. The molecule has 1 aromatic carbocycles. The number of ether oxygens (including phenoxy) is 1. The summed E-state index contributed by atoms with van der Waals surface area (Å²) in [6.07, 6.45) is 4.66. The van der Waals surface area contributed by atoms with Gasteiger partial charge >= 0.3 is 0 Å². The Balaban J connectivity index is 1.68. The average molecular weight is 233 g/mol. The Kier molecular flexibility index (Phi) is 2.71. The van der Waals surface area contributed by atoms with Gasteiger partial charge in [0.25, 0.3) is 0 Å². The first-order valence-corrected chi connectivity index (χ1v) is 6.45. The van der Waals surface area contributed by atoms with Gasteiger partial charge in [-0.1, -0.05) is 6.07 Å². The van der Waals surface area contributed by atoms with Crippen LogP contribution >= 0.6 is 0 Å². The molecule has 0 amide bonds. The lowest BCUT2D eigenvalue weighted by Gasteiger charge is -2.39. The van der Waals surface area contributed by atoms with E-state index in [4.69, 9.17) is 4.74 Å². The number of phenolic OH excluding ortho intramolecular Hbond substituents is 1. The number of phenols is 1. The molecular formula is C14H19NO2. The predicted octanol–water partition coefficient (Wildman–Crippen LogP) is 2.54. The number of hydrogen-bond acceptors (Lipinski definition) is 3. The number of aromatic hydroxyl groups is 1. The molecule has 3 heteroatoms. The second-order valence-corrected chi connectivity index (χ2v) is 5.14. The number of nitrogens with zero attached hydrogens (tertiary/aromatic N) is 1. The van der Waals surface area contributed by atoms with E-state index in [2.05, 4.69) is 11.0 Å². The van der Waals surface area contributed by atoms with Gasteiger partial charge in [-0.2, -0.15) is 0 Å². The van der Waals surface area contributed by atoms with E-state index >= 15 is 0 Å². The zero-order valence-electron chi connectivity index (χ0n) is 10.1. The van der Waals surface area contributed by atoms with E-state index in [0.717, 1.165) is 38.2 Å². The highest BCUT2D eigenvalue weighted by Crippen LogP contribution is 2.37. The smallest absolute Gasteiger partial charge is 0.117 e. The molecule has 0 bridgehead atoms. The third kappa shape index (κ3) is 2.12. The van der Waals surface area contributed by atoms with Crippen LogP contribution in [0.25, 0.3) is 0 Å². The fourth-order valence-electron chi connectivity index (χ4n) is 3.01. The van der Waals surface area contributed by atoms with Gasteiger partial charge in [0.2, 0.25) is 0 Å². The summed E-state index contributed by atoms with van der Waals surface area (Å²) in [6, 6.07) is 7.52. The van der Waals surface area contributed by atoms with Gasteiger partial charge < -0.3 is 14.7 Å². The van der Waals surface area contributed by atoms with Crippen molar-refractivity contribution in [3.8, 4) is 5.75 Å². The Hall–Kier alpha value is -1.22. The summed E-state index contributed by atoms with van der Waals surface area (Å²) < 4.78 is 5.91. The van der Waals surface area contributed by atoms with E-state index in [0.29, 0.717) is 5.75 Å². The molecule has 0 saturated carbocycles. The molecule has 17 heavy (non-hydrogen) atoms. The van der Waals surface area contributed by atoms with Crippen molar-refractivity contribution < 1.29 is 9.84 Å². The molecule has 0 atom stereocenters. The van der Waals surface area contributed by atoms with Crippen LogP contribution in [0.4, 0.5) is 5.69 Å². The summed E-state index contributed by atoms with van der Waals surface area (Å²) in [7, 11) is 0. The maximum atomic E-state index is 9.50. The highest BCUT2D eigenvalue weighted by atomic mass is 16.5. The fourth-order valence-corrected chi connectivity index (χ4v) is 3.01. The van der Waals surface area contributed by atoms with E-state index in [1.54, 1.807) is 6.07 Å². The third-order valence-electron chi connectivity index (χ3n) is 4.05. The van der Waals surface area contributed by atoms with Gasteiger partial charge in [0.15, 0.2) is 0 Å². The van der Waals surface area contributed by atoms with Crippen LogP contribution in [0.15, 0.2) is 24.3 Å². The lowest BCUT2D eigenvalue weighted by molar-refractivity contribution is -0.0146. The quantitative estimate of drug-likeness (QED) is 0.809.